The van der Waals surface area contributed by atoms with Crippen molar-refractivity contribution < 1.29 is 4.79 Å². The van der Waals surface area contributed by atoms with Crippen LogP contribution in [-0.2, 0) is 30.7 Å². The molecule has 1 amide bonds. The number of piperidine rings is 2. The average molecular weight is 733 g/mol. The maximum Gasteiger partial charge on any atom is 0.223 e. The van der Waals surface area contributed by atoms with Gasteiger partial charge in [-0.25, -0.2) is 9.97 Å². The van der Waals surface area contributed by atoms with Crippen LogP contribution in [0.25, 0.3) is 22.1 Å². The fourth-order valence-electron chi connectivity index (χ4n) is 10.7. The highest BCUT2D eigenvalue weighted by molar-refractivity contribution is 5.78. The maximum absolute atomic E-state index is 12.7. The van der Waals surface area contributed by atoms with Gasteiger partial charge in [0.2, 0.25) is 5.91 Å². The van der Waals surface area contributed by atoms with Gasteiger partial charge in [0.05, 0.1) is 35.2 Å². The SMILES string of the molecule is O=C1CCC2CC(Cc3ccccc3)CCC2N1Cc1nc2ccccc2[nH]1.c1ccc(CC2CCC3C(CCCN3Cc3nc4ccccc4[nH]3)C2)cc1. The van der Waals surface area contributed by atoms with E-state index in [9.17, 15) is 4.79 Å². The van der Waals surface area contributed by atoms with Crippen molar-refractivity contribution >= 4 is 28.0 Å². The second kappa shape index (κ2) is 16.5. The summed E-state index contributed by atoms with van der Waals surface area (Å²) >= 11 is 0. The van der Waals surface area contributed by atoms with Crippen LogP contribution in [0.2, 0.25) is 0 Å². The zero-order valence-electron chi connectivity index (χ0n) is 32.2. The highest BCUT2D eigenvalue weighted by Gasteiger charge is 2.40. The molecule has 6 aromatic rings. The largest absolute Gasteiger partial charge is 0.341 e. The second-order valence-electron chi connectivity index (χ2n) is 17.0. The fraction of sp³-hybridized carbons (Fsp3) is 0.438. The number of fused-ring (bicyclic) bond motifs is 4. The molecule has 0 radical (unpaired) electrons. The van der Waals surface area contributed by atoms with Crippen molar-refractivity contribution in [1.29, 1.82) is 0 Å². The van der Waals surface area contributed by atoms with Gasteiger partial charge in [0.15, 0.2) is 0 Å². The van der Waals surface area contributed by atoms with Crippen molar-refractivity contribution in [3.63, 3.8) is 0 Å². The maximum atomic E-state index is 12.7. The molecule has 7 nitrogen and oxygen atoms in total. The van der Waals surface area contributed by atoms with E-state index < -0.39 is 0 Å². The predicted molar refractivity (Wildman–Crippen MR) is 221 cm³/mol. The van der Waals surface area contributed by atoms with Gasteiger partial charge in [0.25, 0.3) is 0 Å². The van der Waals surface area contributed by atoms with E-state index >= 15 is 0 Å². The minimum Gasteiger partial charge on any atom is -0.341 e. The first-order valence-electron chi connectivity index (χ1n) is 21.1. The van der Waals surface area contributed by atoms with Gasteiger partial charge in [-0.15, -0.1) is 0 Å². The summed E-state index contributed by atoms with van der Waals surface area (Å²) in [5.74, 6) is 5.42. The van der Waals surface area contributed by atoms with Gasteiger partial charge < -0.3 is 14.9 Å². The smallest absolute Gasteiger partial charge is 0.223 e. The minimum absolute atomic E-state index is 0.295. The number of H-pyrrole nitrogens is 2. The number of para-hydroxylation sites is 4. The number of nitrogens with zero attached hydrogens (tertiary/aromatic N) is 4. The highest BCUT2D eigenvalue weighted by atomic mass is 16.2. The van der Waals surface area contributed by atoms with Crippen LogP contribution in [0.4, 0.5) is 0 Å². The molecule has 4 aromatic carbocycles. The Morgan fingerprint density at radius 2 is 1.09 bits per heavy atom. The molecule has 10 rings (SSSR count). The first-order valence-corrected chi connectivity index (χ1v) is 21.1. The monoisotopic (exact) mass is 732 g/mol. The van der Waals surface area contributed by atoms with Crippen LogP contribution in [0.3, 0.4) is 0 Å². The lowest BCUT2D eigenvalue weighted by atomic mass is 9.71. The molecule has 4 fully saturated rings. The van der Waals surface area contributed by atoms with E-state index in [1.165, 1.54) is 75.5 Å². The summed E-state index contributed by atoms with van der Waals surface area (Å²) < 4.78 is 0. The molecular weight excluding hydrogens is 677 g/mol. The average Bonchev–Trinajstić information content (AvgIpc) is 3.83. The van der Waals surface area contributed by atoms with Crippen LogP contribution in [-0.4, -0.2) is 54.3 Å². The third-order valence-corrected chi connectivity index (χ3v) is 13.3. The second-order valence-corrected chi connectivity index (χ2v) is 17.0. The van der Waals surface area contributed by atoms with Crippen LogP contribution in [0, 0.1) is 23.7 Å². The van der Waals surface area contributed by atoms with Crippen LogP contribution in [0.1, 0.15) is 87.0 Å². The molecule has 2 aromatic heterocycles. The third-order valence-electron chi connectivity index (χ3n) is 13.3. The van der Waals surface area contributed by atoms with Crippen LogP contribution < -0.4 is 0 Å². The molecule has 4 aliphatic rings. The molecule has 0 spiro atoms. The molecule has 6 unspecified atom stereocenters. The Labute approximate surface area is 326 Å². The van der Waals surface area contributed by atoms with Crippen molar-refractivity contribution in [2.24, 2.45) is 23.7 Å². The molecule has 4 heterocycles. The Balaban J connectivity index is 0.000000144. The van der Waals surface area contributed by atoms with E-state index in [2.05, 4.69) is 105 Å². The van der Waals surface area contributed by atoms with Crippen LogP contribution in [0.5, 0.6) is 0 Å². The Morgan fingerprint density at radius 1 is 0.564 bits per heavy atom. The summed E-state index contributed by atoms with van der Waals surface area (Å²) in [6, 6.07) is 39.5. The molecule has 55 heavy (non-hydrogen) atoms. The minimum atomic E-state index is 0.295. The zero-order chi connectivity index (χ0) is 37.0. The number of carbonyl (C=O) groups is 1. The fourth-order valence-corrected chi connectivity index (χ4v) is 10.7. The van der Waals surface area contributed by atoms with Crippen LogP contribution in [0.15, 0.2) is 109 Å². The standard InChI is InChI=1S/C24H27N3O.C24H29N3/c28-24-13-11-19-15-18(14-17-6-2-1-3-7-17)10-12-22(19)27(24)16-23-25-20-8-4-5-9-21(20)26-23;1-2-7-18(8-3-1)15-19-12-13-23-20(16-19)9-6-14-27(23)17-24-25-21-10-4-5-11-22(21)26-24/h1-9,18-19,22H,10-16H2,(H,25,26);1-5,7-8,10-11,19-20,23H,6,9,12-17H2,(H,25,26). The Morgan fingerprint density at radius 3 is 1.69 bits per heavy atom. The lowest BCUT2D eigenvalue weighted by Crippen LogP contribution is -2.50. The third kappa shape index (κ3) is 8.42. The number of nitrogens with one attached hydrogen (secondary N) is 2. The molecule has 2 saturated carbocycles. The number of aromatic amines is 2. The lowest BCUT2D eigenvalue weighted by molar-refractivity contribution is -0.141. The van der Waals surface area contributed by atoms with E-state index in [1.54, 1.807) is 0 Å². The number of carbonyl (C=O) groups excluding carboxylic acids is 1. The number of likely N-dealkylation sites (tertiary alicyclic amines) is 2. The quantitative estimate of drug-likeness (QED) is 0.163. The van der Waals surface area contributed by atoms with Crippen molar-refractivity contribution in [3.05, 3.63) is 132 Å². The van der Waals surface area contributed by atoms with E-state index in [1.807, 2.05) is 24.3 Å². The summed E-state index contributed by atoms with van der Waals surface area (Å²) in [5.41, 5.74) is 7.23. The summed E-state index contributed by atoms with van der Waals surface area (Å²) in [4.78, 5) is 34.0. The van der Waals surface area contributed by atoms with Crippen molar-refractivity contribution in [3.8, 4) is 0 Å². The van der Waals surface area contributed by atoms with Gasteiger partial charge in [-0.3, -0.25) is 9.69 Å². The number of hydrogen-bond donors (Lipinski definition) is 2. The Kier molecular flexibility index (Phi) is 10.8. The summed E-state index contributed by atoms with van der Waals surface area (Å²) in [5, 5.41) is 0. The molecule has 2 aliphatic carbocycles. The van der Waals surface area contributed by atoms with Crippen LogP contribution >= 0.6 is 0 Å². The molecule has 0 bridgehead atoms. The van der Waals surface area contributed by atoms with E-state index in [0.29, 0.717) is 30.8 Å². The predicted octanol–water partition coefficient (Wildman–Crippen LogP) is 9.90. The number of aromatic nitrogens is 4. The van der Waals surface area contributed by atoms with Crippen molar-refractivity contribution in [1.82, 2.24) is 29.7 Å². The molecule has 7 heteroatoms. The molecule has 284 valence electrons. The van der Waals surface area contributed by atoms with Gasteiger partial charge >= 0.3 is 0 Å². The molecule has 2 N–H and O–H groups in total. The zero-order valence-corrected chi connectivity index (χ0v) is 32.2. The first-order chi connectivity index (χ1) is 27.1. The summed E-state index contributed by atoms with van der Waals surface area (Å²) in [7, 11) is 0. The first kappa shape index (κ1) is 35.9. The molecule has 2 aliphatic heterocycles. The molecule has 6 atom stereocenters. The van der Waals surface area contributed by atoms with E-state index in [4.69, 9.17) is 9.97 Å². The highest BCUT2D eigenvalue weighted by Crippen LogP contribution is 2.41. The van der Waals surface area contributed by atoms with E-state index in [-0.39, 0.29) is 0 Å². The number of rotatable bonds is 8. The Bertz CT molecular complexity index is 2090. The number of benzene rings is 4. The Hall–Kier alpha value is -4.75. The summed E-state index contributed by atoms with van der Waals surface area (Å²) in [6.07, 6.45) is 14.6. The molecular formula is C48H56N6O. The number of hydrogen-bond acceptors (Lipinski definition) is 4. The normalized spacial score (nSPS) is 25.6. The summed E-state index contributed by atoms with van der Waals surface area (Å²) in [6.45, 7) is 2.80. The number of amides is 1. The van der Waals surface area contributed by atoms with Crippen molar-refractivity contribution in [2.45, 2.75) is 102 Å². The van der Waals surface area contributed by atoms with Gasteiger partial charge in [0.1, 0.15) is 11.6 Å². The van der Waals surface area contributed by atoms with Gasteiger partial charge in [-0.2, -0.15) is 0 Å². The molecule has 2 saturated heterocycles. The lowest BCUT2D eigenvalue weighted by Gasteiger charge is -2.46. The van der Waals surface area contributed by atoms with Crippen molar-refractivity contribution in [2.75, 3.05) is 6.54 Å². The van der Waals surface area contributed by atoms with Gasteiger partial charge in [-0.05, 0) is 136 Å². The number of imidazole rings is 2. The topological polar surface area (TPSA) is 80.9 Å². The van der Waals surface area contributed by atoms with Gasteiger partial charge in [-0.1, -0.05) is 84.9 Å². The van der Waals surface area contributed by atoms with E-state index in [0.717, 1.165) is 76.9 Å². The van der Waals surface area contributed by atoms with Gasteiger partial charge in [0, 0.05) is 18.5 Å².